The summed E-state index contributed by atoms with van der Waals surface area (Å²) in [5.74, 6) is 1.32. The second kappa shape index (κ2) is 7.60. The van der Waals surface area contributed by atoms with Gasteiger partial charge in [-0.1, -0.05) is 59.9 Å². The van der Waals surface area contributed by atoms with Crippen LogP contribution in [0.5, 0.6) is 0 Å². The van der Waals surface area contributed by atoms with Crippen LogP contribution in [0.4, 0.5) is 0 Å². The molecule has 1 aliphatic carbocycles. The SMILES string of the molecule is CC(C)P(c1ccccc1[C]1[CH][CH][CH][CH][CH][CH]1)C(C)C. The van der Waals surface area contributed by atoms with E-state index in [1.807, 2.05) is 0 Å². The highest BCUT2D eigenvalue weighted by molar-refractivity contribution is 7.67. The van der Waals surface area contributed by atoms with Crippen molar-refractivity contribution in [1.29, 1.82) is 0 Å². The molecule has 0 aromatic heterocycles. The average Bonchev–Trinajstić information content (AvgIpc) is 2.67. The maximum absolute atomic E-state index is 2.35. The van der Waals surface area contributed by atoms with Crippen molar-refractivity contribution in [1.82, 2.24) is 0 Å². The van der Waals surface area contributed by atoms with Crippen LogP contribution in [0.25, 0.3) is 0 Å². The summed E-state index contributed by atoms with van der Waals surface area (Å²) < 4.78 is 0. The third kappa shape index (κ3) is 3.85. The molecule has 2 rings (SSSR count). The zero-order chi connectivity index (χ0) is 14.5. The summed E-state index contributed by atoms with van der Waals surface area (Å²) in [5.41, 5.74) is 2.82. The van der Waals surface area contributed by atoms with Gasteiger partial charge in [0.25, 0.3) is 0 Å². The molecule has 0 amide bonds. The highest BCUT2D eigenvalue weighted by Gasteiger charge is 2.25. The van der Waals surface area contributed by atoms with Gasteiger partial charge in [0.15, 0.2) is 0 Å². The summed E-state index contributed by atoms with van der Waals surface area (Å²) in [5, 5.41) is 1.54. The molecule has 1 aromatic carbocycles. The number of benzene rings is 1. The fourth-order valence-corrected chi connectivity index (χ4v) is 5.82. The van der Waals surface area contributed by atoms with Gasteiger partial charge >= 0.3 is 0 Å². The molecule has 0 N–H and O–H groups in total. The van der Waals surface area contributed by atoms with E-state index in [0.29, 0.717) is 11.3 Å². The molecule has 7 radical (unpaired) electrons. The first-order valence-electron chi connectivity index (χ1n) is 7.37. The van der Waals surface area contributed by atoms with E-state index in [9.17, 15) is 0 Å². The summed E-state index contributed by atoms with van der Waals surface area (Å²) in [7, 11) is -0.137. The van der Waals surface area contributed by atoms with Crippen molar-refractivity contribution in [2.24, 2.45) is 0 Å². The minimum absolute atomic E-state index is 0.137. The zero-order valence-electron chi connectivity index (χ0n) is 12.9. The van der Waals surface area contributed by atoms with E-state index in [0.717, 1.165) is 0 Å². The average molecular weight is 283 g/mol. The van der Waals surface area contributed by atoms with Gasteiger partial charge in [-0.3, -0.25) is 0 Å². The lowest BCUT2D eigenvalue weighted by Gasteiger charge is -2.30. The van der Waals surface area contributed by atoms with Crippen LogP contribution in [-0.2, 0) is 0 Å². The highest BCUT2D eigenvalue weighted by atomic mass is 31.1. The van der Waals surface area contributed by atoms with E-state index in [2.05, 4.69) is 90.5 Å². The fourth-order valence-electron chi connectivity index (χ4n) is 2.78. The van der Waals surface area contributed by atoms with Crippen LogP contribution in [0, 0.1) is 44.4 Å². The standard InChI is InChI=1S/C19H24P/c1-15(2)20(16(3)4)19-14-10-9-13-18(19)17-11-7-5-6-8-12-17/h5-16H,1-4H3. The Morgan fingerprint density at radius 2 is 1.30 bits per heavy atom. The first kappa shape index (κ1) is 16.0. The molecule has 105 valence electrons. The minimum atomic E-state index is -0.137. The summed E-state index contributed by atoms with van der Waals surface area (Å²) in [4.78, 5) is 0. The second-order valence-electron chi connectivity index (χ2n) is 5.67. The first-order chi connectivity index (χ1) is 9.61. The molecule has 20 heavy (non-hydrogen) atoms. The Kier molecular flexibility index (Phi) is 6.09. The van der Waals surface area contributed by atoms with Gasteiger partial charge in [0.05, 0.1) is 0 Å². The predicted octanol–water partition coefficient (Wildman–Crippen LogP) is 4.77. The Bertz CT molecular complexity index is 392. The molecule has 0 aliphatic heterocycles. The predicted molar refractivity (Wildman–Crippen MR) is 91.4 cm³/mol. The largest absolute Gasteiger partial charge is 0.0697 e. The van der Waals surface area contributed by atoms with E-state index in [4.69, 9.17) is 0 Å². The molecular formula is C19H24P. The Balaban J connectivity index is 2.33. The molecule has 0 spiro atoms. The van der Waals surface area contributed by atoms with Gasteiger partial charge in [-0.2, -0.15) is 0 Å². The lowest BCUT2D eigenvalue weighted by molar-refractivity contribution is 1.02. The maximum atomic E-state index is 2.35. The van der Waals surface area contributed by atoms with E-state index >= 15 is 0 Å². The first-order valence-corrected chi connectivity index (χ1v) is 8.85. The van der Waals surface area contributed by atoms with Crippen molar-refractivity contribution in [3.05, 3.63) is 74.3 Å². The monoisotopic (exact) mass is 283 g/mol. The van der Waals surface area contributed by atoms with Gasteiger partial charge in [0, 0.05) is 5.92 Å². The van der Waals surface area contributed by atoms with Crippen molar-refractivity contribution in [3.63, 3.8) is 0 Å². The van der Waals surface area contributed by atoms with Crippen molar-refractivity contribution in [3.8, 4) is 0 Å². The lowest BCUT2D eigenvalue weighted by atomic mass is 9.92. The van der Waals surface area contributed by atoms with Gasteiger partial charge in [0.1, 0.15) is 0 Å². The molecule has 1 saturated carbocycles. The van der Waals surface area contributed by atoms with E-state index in [1.54, 1.807) is 5.30 Å². The number of hydrogen-bond acceptors (Lipinski definition) is 0. The van der Waals surface area contributed by atoms with Crippen molar-refractivity contribution >= 4 is 13.2 Å². The fraction of sp³-hybridized carbons (Fsp3) is 0.316. The summed E-state index contributed by atoms with van der Waals surface area (Å²) in [6.45, 7) is 9.42. The Hall–Kier alpha value is -0.350. The molecular weight excluding hydrogens is 259 g/mol. The van der Waals surface area contributed by atoms with Crippen LogP contribution < -0.4 is 5.30 Å². The van der Waals surface area contributed by atoms with Crippen LogP contribution in [0.1, 0.15) is 33.3 Å². The van der Waals surface area contributed by atoms with Crippen LogP contribution in [-0.4, -0.2) is 11.3 Å². The quantitative estimate of drug-likeness (QED) is 0.551. The molecule has 0 nitrogen and oxygen atoms in total. The molecule has 0 heterocycles. The van der Waals surface area contributed by atoms with Gasteiger partial charge in [-0.25, -0.2) is 0 Å². The molecule has 0 saturated heterocycles. The second-order valence-corrected chi connectivity index (χ2v) is 9.03. The van der Waals surface area contributed by atoms with Gasteiger partial charge in [-0.15, -0.1) is 0 Å². The minimum Gasteiger partial charge on any atom is -0.0697 e. The van der Waals surface area contributed by atoms with E-state index < -0.39 is 0 Å². The van der Waals surface area contributed by atoms with Gasteiger partial charge in [0.2, 0.25) is 0 Å². The third-order valence-electron chi connectivity index (χ3n) is 3.49. The lowest BCUT2D eigenvalue weighted by Crippen LogP contribution is -2.21. The van der Waals surface area contributed by atoms with Crippen molar-refractivity contribution < 1.29 is 0 Å². The molecule has 0 unspecified atom stereocenters. The summed E-state index contributed by atoms with van der Waals surface area (Å²) in [6, 6.07) is 8.93. The van der Waals surface area contributed by atoms with Gasteiger partial charge < -0.3 is 0 Å². The molecule has 1 fully saturated rings. The van der Waals surface area contributed by atoms with Crippen molar-refractivity contribution in [2.45, 2.75) is 39.0 Å². The normalized spacial score (nSPS) is 17.9. The van der Waals surface area contributed by atoms with Crippen LogP contribution in [0.2, 0.25) is 0 Å². The number of rotatable bonds is 4. The van der Waals surface area contributed by atoms with Crippen molar-refractivity contribution in [2.75, 3.05) is 0 Å². The zero-order valence-corrected chi connectivity index (χ0v) is 13.8. The smallest absolute Gasteiger partial charge is 0.0130 e. The van der Waals surface area contributed by atoms with Crippen LogP contribution >= 0.6 is 7.92 Å². The molecule has 1 heteroatoms. The molecule has 1 aromatic rings. The van der Waals surface area contributed by atoms with Crippen LogP contribution in [0.15, 0.2) is 24.3 Å². The Morgan fingerprint density at radius 1 is 0.750 bits per heavy atom. The topological polar surface area (TPSA) is 0 Å². The van der Waals surface area contributed by atoms with Crippen LogP contribution in [0.3, 0.4) is 0 Å². The van der Waals surface area contributed by atoms with E-state index in [-0.39, 0.29) is 7.92 Å². The highest BCUT2D eigenvalue weighted by Crippen LogP contribution is 2.47. The Labute approximate surface area is 127 Å². The summed E-state index contributed by atoms with van der Waals surface area (Å²) in [6.07, 6.45) is 12.8. The maximum Gasteiger partial charge on any atom is 0.0130 e. The molecule has 1 aliphatic rings. The Morgan fingerprint density at radius 3 is 1.85 bits per heavy atom. The number of hydrogen-bond donors (Lipinski definition) is 0. The third-order valence-corrected chi connectivity index (χ3v) is 6.66. The molecule has 0 atom stereocenters. The van der Waals surface area contributed by atoms with Gasteiger partial charge in [-0.05, 0) is 60.7 Å². The molecule has 0 bridgehead atoms. The van der Waals surface area contributed by atoms with E-state index in [1.165, 1.54) is 11.5 Å². The summed E-state index contributed by atoms with van der Waals surface area (Å²) >= 11 is 0.